The van der Waals surface area contributed by atoms with E-state index in [1.807, 2.05) is 6.92 Å². The monoisotopic (exact) mass is 364 g/mol. The van der Waals surface area contributed by atoms with Gasteiger partial charge in [-0.15, -0.1) is 0 Å². The molecule has 3 heterocycles. The van der Waals surface area contributed by atoms with Gasteiger partial charge in [-0.2, -0.15) is 0 Å². The van der Waals surface area contributed by atoms with Crippen molar-refractivity contribution in [1.29, 1.82) is 0 Å². The Labute approximate surface area is 161 Å². The summed E-state index contributed by atoms with van der Waals surface area (Å²) in [5.41, 5.74) is 2.40. The minimum absolute atomic E-state index is 0.426. The van der Waals surface area contributed by atoms with E-state index in [0.717, 1.165) is 69.7 Å². The summed E-state index contributed by atoms with van der Waals surface area (Å²) in [5.74, 6) is 2.36. The van der Waals surface area contributed by atoms with Gasteiger partial charge in [0.05, 0.1) is 12.3 Å². The van der Waals surface area contributed by atoms with Crippen LogP contribution in [0.15, 0.2) is 42.5 Å². The number of piperazine rings is 1. The number of aromatic nitrogens is 2. The second-order valence-electron chi connectivity index (χ2n) is 7.36. The van der Waals surface area contributed by atoms with E-state index in [-0.39, 0.29) is 0 Å². The highest BCUT2D eigenvalue weighted by atomic mass is 16.5. The highest BCUT2D eigenvalue weighted by molar-refractivity contribution is 5.48. The Kier molecular flexibility index (Phi) is 5.80. The summed E-state index contributed by atoms with van der Waals surface area (Å²) in [6, 6.07) is 12.7. The Balaban J connectivity index is 1.33. The third kappa shape index (κ3) is 4.73. The lowest BCUT2D eigenvalue weighted by Crippen LogP contribution is -2.46. The fourth-order valence-electron chi connectivity index (χ4n) is 3.77. The van der Waals surface area contributed by atoms with Crippen molar-refractivity contribution in [1.82, 2.24) is 14.9 Å². The molecule has 1 unspecified atom stereocenters. The van der Waals surface area contributed by atoms with E-state index < -0.39 is 0 Å². The van der Waals surface area contributed by atoms with Crippen LogP contribution in [0.25, 0.3) is 6.08 Å². The van der Waals surface area contributed by atoms with Gasteiger partial charge in [0.15, 0.2) is 0 Å². The molecule has 0 amide bonds. The van der Waals surface area contributed by atoms with Crippen molar-refractivity contribution in [3.63, 3.8) is 0 Å². The predicted octanol–water partition coefficient (Wildman–Crippen LogP) is 3.12. The molecule has 2 saturated heterocycles. The van der Waals surface area contributed by atoms with Crippen molar-refractivity contribution in [2.45, 2.75) is 19.3 Å². The molecule has 1 aromatic carbocycles. The number of hydrogen-bond donors (Lipinski definition) is 0. The molecule has 5 heteroatoms. The highest BCUT2D eigenvalue weighted by Gasteiger charge is 2.23. The molecular weight excluding hydrogens is 336 g/mol. The number of rotatable bonds is 5. The van der Waals surface area contributed by atoms with E-state index in [2.05, 4.69) is 63.3 Å². The molecule has 2 aliphatic heterocycles. The van der Waals surface area contributed by atoms with Crippen molar-refractivity contribution in [3.05, 3.63) is 59.6 Å². The third-order valence-electron chi connectivity index (χ3n) is 5.36. The number of hydrogen-bond acceptors (Lipinski definition) is 5. The molecule has 142 valence electrons. The molecule has 0 N–H and O–H groups in total. The molecule has 2 aromatic rings. The minimum atomic E-state index is 0.426. The first kappa shape index (κ1) is 18.1. The van der Waals surface area contributed by atoms with Gasteiger partial charge < -0.3 is 9.64 Å². The van der Waals surface area contributed by atoms with E-state index in [9.17, 15) is 0 Å². The smallest absolute Gasteiger partial charge is 0.132 e. The van der Waals surface area contributed by atoms with E-state index >= 15 is 0 Å². The zero-order valence-electron chi connectivity index (χ0n) is 16.1. The van der Waals surface area contributed by atoms with Gasteiger partial charge in [0.1, 0.15) is 11.6 Å². The topological polar surface area (TPSA) is 41.5 Å². The van der Waals surface area contributed by atoms with E-state index in [0.29, 0.717) is 5.92 Å². The van der Waals surface area contributed by atoms with E-state index in [1.165, 1.54) is 5.56 Å². The van der Waals surface area contributed by atoms with Crippen molar-refractivity contribution in [2.24, 2.45) is 0 Å². The molecular formula is C22H28N4O. The molecule has 27 heavy (non-hydrogen) atoms. The van der Waals surface area contributed by atoms with Crippen LogP contribution in [-0.2, 0) is 4.74 Å². The Bertz CT molecular complexity index is 763. The van der Waals surface area contributed by atoms with Gasteiger partial charge in [0, 0.05) is 51.3 Å². The lowest BCUT2D eigenvalue weighted by atomic mass is 10.0. The van der Waals surface area contributed by atoms with Gasteiger partial charge in [-0.1, -0.05) is 42.5 Å². The van der Waals surface area contributed by atoms with Gasteiger partial charge in [0.2, 0.25) is 0 Å². The van der Waals surface area contributed by atoms with Crippen molar-refractivity contribution in [2.75, 3.05) is 50.8 Å². The average molecular weight is 364 g/mol. The summed E-state index contributed by atoms with van der Waals surface area (Å²) < 4.78 is 5.53. The van der Waals surface area contributed by atoms with Crippen LogP contribution < -0.4 is 4.90 Å². The zero-order chi connectivity index (χ0) is 18.5. The molecule has 1 atom stereocenters. The summed E-state index contributed by atoms with van der Waals surface area (Å²) in [6.07, 6.45) is 5.53. The maximum atomic E-state index is 5.53. The summed E-state index contributed by atoms with van der Waals surface area (Å²) >= 11 is 0. The van der Waals surface area contributed by atoms with Gasteiger partial charge >= 0.3 is 0 Å². The Morgan fingerprint density at radius 1 is 1.11 bits per heavy atom. The summed E-state index contributed by atoms with van der Waals surface area (Å²) in [6.45, 7) is 8.76. The van der Waals surface area contributed by atoms with Gasteiger partial charge in [-0.05, 0) is 18.9 Å². The molecule has 0 radical (unpaired) electrons. The van der Waals surface area contributed by atoms with Crippen LogP contribution in [0.4, 0.5) is 5.82 Å². The molecule has 2 aliphatic rings. The first-order chi connectivity index (χ1) is 13.3. The van der Waals surface area contributed by atoms with Crippen LogP contribution in [0, 0.1) is 6.92 Å². The fraction of sp³-hybridized carbons (Fsp3) is 0.455. The van der Waals surface area contributed by atoms with Crippen LogP contribution in [-0.4, -0.2) is 60.8 Å². The molecule has 1 aromatic heterocycles. The number of ether oxygens (including phenoxy) is 1. The standard InChI is InChI=1S/C22H28N4O/c1-18-23-21(20-9-15-27-17-20)16-22(24-18)26-13-11-25(12-14-26)10-5-8-19-6-3-2-4-7-19/h2-8,16,20H,9-15,17H2,1H3/b8-5+. The lowest BCUT2D eigenvalue weighted by Gasteiger charge is -2.35. The van der Waals surface area contributed by atoms with Gasteiger partial charge in [-0.25, -0.2) is 9.97 Å². The van der Waals surface area contributed by atoms with Crippen molar-refractivity contribution in [3.8, 4) is 0 Å². The first-order valence-corrected chi connectivity index (χ1v) is 9.90. The van der Waals surface area contributed by atoms with Gasteiger partial charge in [-0.3, -0.25) is 4.90 Å². The number of nitrogens with zero attached hydrogens (tertiary/aromatic N) is 4. The largest absolute Gasteiger partial charge is 0.381 e. The predicted molar refractivity (Wildman–Crippen MR) is 109 cm³/mol. The van der Waals surface area contributed by atoms with Crippen LogP contribution in [0.3, 0.4) is 0 Å². The van der Waals surface area contributed by atoms with E-state index in [4.69, 9.17) is 9.72 Å². The summed E-state index contributed by atoms with van der Waals surface area (Å²) in [4.78, 5) is 14.2. The minimum Gasteiger partial charge on any atom is -0.381 e. The fourth-order valence-corrected chi connectivity index (χ4v) is 3.77. The van der Waals surface area contributed by atoms with Gasteiger partial charge in [0.25, 0.3) is 0 Å². The molecule has 4 rings (SSSR count). The first-order valence-electron chi connectivity index (χ1n) is 9.90. The lowest BCUT2D eigenvalue weighted by molar-refractivity contribution is 0.193. The number of anilines is 1. The second kappa shape index (κ2) is 8.63. The van der Waals surface area contributed by atoms with Crippen molar-refractivity contribution >= 4 is 11.9 Å². The summed E-state index contributed by atoms with van der Waals surface area (Å²) in [7, 11) is 0. The van der Waals surface area contributed by atoms with Crippen LogP contribution >= 0.6 is 0 Å². The molecule has 0 saturated carbocycles. The Morgan fingerprint density at radius 3 is 2.67 bits per heavy atom. The Morgan fingerprint density at radius 2 is 1.93 bits per heavy atom. The van der Waals surface area contributed by atoms with Crippen LogP contribution in [0.5, 0.6) is 0 Å². The number of aryl methyl sites for hydroxylation is 1. The second-order valence-corrected chi connectivity index (χ2v) is 7.36. The highest BCUT2D eigenvalue weighted by Crippen LogP contribution is 2.26. The summed E-state index contributed by atoms with van der Waals surface area (Å²) in [5, 5.41) is 0. The molecule has 5 nitrogen and oxygen atoms in total. The Hall–Kier alpha value is -2.24. The third-order valence-corrected chi connectivity index (χ3v) is 5.36. The molecule has 2 fully saturated rings. The van der Waals surface area contributed by atoms with Crippen LogP contribution in [0.1, 0.15) is 29.4 Å². The van der Waals surface area contributed by atoms with Crippen molar-refractivity contribution < 1.29 is 4.74 Å². The van der Waals surface area contributed by atoms with E-state index in [1.54, 1.807) is 0 Å². The quantitative estimate of drug-likeness (QED) is 0.815. The maximum Gasteiger partial charge on any atom is 0.132 e. The molecule has 0 spiro atoms. The zero-order valence-corrected chi connectivity index (χ0v) is 16.1. The average Bonchev–Trinajstić information content (AvgIpc) is 3.24. The number of benzene rings is 1. The normalized spacial score (nSPS) is 21.2. The molecule has 0 aliphatic carbocycles. The van der Waals surface area contributed by atoms with Crippen LogP contribution in [0.2, 0.25) is 0 Å². The SMILES string of the molecule is Cc1nc(C2CCOC2)cc(N2CCN(C/C=C/c3ccccc3)CC2)n1. The molecule has 0 bridgehead atoms. The maximum absolute atomic E-state index is 5.53.